The van der Waals surface area contributed by atoms with Crippen LogP contribution in [-0.4, -0.2) is 59.5 Å². The topological polar surface area (TPSA) is 75.5 Å². The zero-order valence-corrected chi connectivity index (χ0v) is 19.8. The Kier molecular flexibility index (Phi) is 6.10. The number of benzene rings is 2. The molecule has 30 heavy (non-hydrogen) atoms. The molecule has 4 rings (SSSR count). The second kappa shape index (κ2) is 8.62. The lowest BCUT2D eigenvalue weighted by Gasteiger charge is -2.34. The van der Waals surface area contributed by atoms with Gasteiger partial charge in [-0.3, -0.25) is 4.79 Å². The third-order valence-electron chi connectivity index (χ3n) is 4.92. The molecule has 1 aliphatic rings. The summed E-state index contributed by atoms with van der Waals surface area (Å²) < 4.78 is 30.4. The molecule has 7 nitrogen and oxygen atoms in total. The number of hydrogen-bond acceptors (Lipinski definition) is 4. The molecule has 1 aromatic heterocycles. The number of carbonyl (C=O) groups excluding carboxylic acids is 1. The lowest BCUT2D eigenvalue weighted by Crippen LogP contribution is -2.50. The Bertz CT molecular complexity index is 1160. The van der Waals surface area contributed by atoms with Crippen LogP contribution in [0.3, 0.4) is 0 Å². The van der Waals surface area contributed by atoms with Crippen molar-refractivity contribution in [2.75, 3.05) is 26.2 Å². The van der Waals surface area contributed by atoms with Gasteiger partial charge in [-0.2, -0.15) is 9.40 Å². The number of halogens is 2. The summed E-state index contributed by atoms with van der Waals surface area (Å²) in [6.07, 6.45) is 3.53. The van der Waals surface area contributed by atoms with E-state index >= 15 is 0 Å². The molecule has 0 N–H and O–H groups in total. The van der Waals surface area contributed by atoms with E-state index in [9.17, 15) is 13.2 Å². The predicted molar refractivity (Wildman–Crippen MR) is 120 cm³/mol. The highest BCUT2D eigenvalue weighted by Gasteiger charge is 2.31. The number of carbonyl (C=O) groups is 1. The van der Waals surface area contributed by atoms with Crippen LogP contribution < -0.4 is 0 Å². The maximum absolute atomic E-state index is 13.0. The molecule has 3 aromatic rings. The molecule has 10 heteroatoms. The minimum absolute atomic E-state index is 0.109. The molecule has 156 valence electrons. The third-order valence-corrected chi connectivity index (χ3v) is 8.31. The van der Waals surface area contributed by atoms with Crippen LogP contribution in [0.15, 0.2) is 74.8 Å². The Morgan fingerprint density at radius 1 is 0.967 bits per heavy atom. The first-order valence-electron chi connectivity index (χ1n) is 9.21. The summed E-state index contributed by atoms with van der Waals surface area (Å²) in [4.78, 5) is 14.7. The molecule has 1 fully saturated rings. The summed E-state index contributed by atoms with van der Waals surface area (Å²) in [5.41, 5.74) is 1.43. The smallest absolute Gasteiger partial charge is 0.253 e. The summed E-state index contributed by atoms with van der Waals surface area (Å²) in [5, 5.41) is 4.17. The number of amides is 1. The van der Waals surface area contributed by atoms with Crippen LogP contribution in [-0.2, 0) is 10.0 Å². The standard InChI is InChI=1S/C20H18Br2N4O3S/c21-16-4-7-18(22)19(14-16)30(28,29)25-12-10-24(11-13-25)20(27)15-2-5-17(6-3-15)26-9-1-8-23-26/h1-9,14H,10-13H2. The van der Waals surface area contributed by atoms with Crippen molar-refractivity contribution < 1.29 is 13.2 Å². The third kappa shape index (κ3) is 4.22. The van der Waals surface area contributed by atoms with Gasteiger partial charge in [0.25, 0.3) is 5.91 Å². The highest BCUT2D eigenvalue weighted by molar-refractivity contribution is 9.11. The maximum Gasteiger partial charge on any atom is 0.253 e. The van der Waals surface area contributed by atoms with Crippen LogP contribution >= 0.6 is 31.9 Å². The molecule has 2 aromatic carbocycles. The molecule has 1 saturated heterocycles. The fraction of sp³-hybridized carbons (Fsp3) is 0.200. The van der Waals surface area contributed by atoms with Crippen LogP contribution in [0.1, 0.15) is 10.4 Å². The van der Waals surface area contributed by atoms with E-state index in [2.05, 4.69) is 37.0 Å². The average Bonchev–Trinajstić information content (AvgIpc) is 3.30. The van der Waals surface area contributed by atoms with Crippen molar-refractivity contribution in [2.24, 2.45) is 0 Å². The zero-order chi connectivity index (χ0) is 21.3. The highest BCUT2D eigenvalue weighted by atomic mass is 79.9. The predicted octanol–water partition coefficient (Wildman–Crippen LogP) is 3.54. The molecule has 0 aliphatic carbocycles. The van der Waals surface area contributed by atoms with Gasteiger partial charge in [0.2, 0.25) is 10.0 Å². The number of nitrogens with zero attached hydrogens (tertiary/aromatic N) is 4. The summed E-state index contributed by atoms with van der Waals surface area (Å²) in [6, 6.07) is 14.1. The molecule has 1 aliphatic heterocycles. The molecule has 1 amide bonds. The van der Waals surface area contributed by atoms with Crippen molar-refractivity contribution in [3.8, 4) is 5.69 Å². The first-order chi connectivity index (χ1) is 14.4. The normalized spacial score (nSPS) is 15.3. The molecule has 0 bridgehead atoms. The molecule has 0 unspecified atom stereocenters. The second-order valence-corrected chi connectivity index (χ2v) is 10.4. The first kappa shape index (κ1) is 21.2. The Labute approximate surface area is 191 Å². The van der Waals surface area contributed by atoms with Crippen molar-refractivity contribution >= 4 is 47.8 Å². The number of aromatic nitrogens is 2. The van der Waals surface area contributed by atoms with E-state index in [1.165, 1.54) is 4.31 Å². The van der Waals surface area contributed by atoms with Gasteiger partial charge in [0.05, 0.1) is 10.6 Å². The van der Waals surface area contributed by atoms with E-state index in [4.69, 9.17) is 0 Å². The first-order valence-corrected chi connectivity index (χ1v) is 12.2. The molecule has 0 saturated carbocycles. The van der Waals surface area contributed by atoms with E-state index in [0.717, 1.165) is 5.69 Å². The lowest BCUT2D eigenvalue weighted by atomic mass is 10.1. The van der Waals surface area contributed by atoms with Crippen LogP contribution in [0.2, 0.25) is 0 Å². The van der Waals surface area contributed by atoms with Crippen molar-refractivity contribution in [3.05, 3.63) is 75.4 Å². The summed E-state index contributed by atoms with van der Waals surface area (Å²) in [5.74, 6) is -0.109. The Hall–Kier alpha value is -2.01. The Morgan fingerprint density at radius 3 is 2.30 bits per heavy atom. The van der Waals surface area contributed by atoms with Crippen LogP contribution in [0.4, 0.5) is 0 Å². The monoisotopic (exact) mass is 552 g/mol. The van der Waals surface area contributed by atoms with Crippen molar-refractivity contribution in [1.82, 2.24) is 19.0 Å². The van der Waals surface area contributed by atoms with Gasteiger partial charge in [-0.05, 0) is 64.5 Å². The fourth-order valence-electron chi connectivity index (χ4n) is 3.31. The number of hydrogen-bond donors (Lipinski definition) is 0. The van der Waals surface area contributed by atoms with Crippen molar-refractivity contribution in [3.63, 3.8) is 0 Å². The number of sulfonamides is 1. The van der Waals surface area contributed by atoms with E-state index < -0.39 is 10.0 Å². The SMILES string of the molecule is O=C(c1ccc(-n2cccn2)cc1)N1CCN(S(=O)(=O)c2cc(Br)ccc2Br)CC1. The Balaban J connectivity index is 1.44. The van der Waals surface area contributed by atoms with E-state index in [1.54, 1.807) is 46.1 Å². The van der Waals surface area contributed by atoms with E-state index in [-0.39, 0.29) is 23.9 Å². The highest BCUT2D eigenvalue weighted by Crippen LogP contribution is 2.29. The molecule has 0 spiro atoms. The van der Waals surface area contributed by atoms with Crippen molar-refractivity contribution in [2.45, 2.75) is 4.90 Å². The molecule has 0 radical (unpaired) electrons. The van der Waals surface area contributed by atoms with E-state index in [0.29, 0.717) is 27.6 Å². The van der Waals surface area contributed by atoms with Gasteiger partial charge < -0.3 is 4.90 Å². The second-order valence-electron chi connectivity index (χ2n) is 6.77. The van der Waals surface area contributed by atoms with Gasteiger partial charge in [-0.25, -0.2) is 13.1 Å². The van der Waals surface area contributed by atoms with Gasteiger partial charge in [0, 0.05) is 53.1 Å². The number of rotatable bonds is 4. The summed E-state index contributed by atoms with van der Waals surface area (Å²) in [6.45, 7) is 1.17. The number of piperazine rings is 1. The quantitative estimate of drug-likeness (QED) is 0.495. The molecular formula is C20H18Br2N4O3S. The largest absolute Gasteiger partial charge is 0.336 e. The average molecular weight is 554 g/mol. The van der Waals surface area contributed by atoms with Crippen LogP contribution in [0, 0.1) is 0 Å². The van der Waals surface area contributed by atoms with Gasteiger partial charge in [-0.15, -0.1) is 0 Å². The molecule has 2 heterocycles. The van der Waals surface area contributed by atoms with Gasteiger partial charge in [-0.1, -0.05) is 15.9 Å². The lowest BCUT2D eigenvalue weighted by molar-refractivity contribution is 0.0698. The van der Waals surface area contributed by atoms with Crippen molar-refractivity contribution in [1.29, 1.82) is 0 Å². The van der Waals surface area contributed by atoms with E-state index in [1.807, 2.05) is 24.4 Å². The minimum Gasteiger partial charge on any atom is -0.336 e. The fourth-order valence-corrected chi connectivity index (χ4v) is 6.19. The summed E-state index contributed by atoms with van der Waals surface area (Å²) >= 11 is 6.64. The minimum atomic E-state index is -3.65. The van der Waals surface area contributed by atoms with Crippen LogP contribution in [0.25, 0.3) is 5.69 Å². The molecular weight excluding hydrogens is 536 g/mol. The zero-order valence-electron chi connectivity index (χ0n) is 15.8. The summed E-state index contributed by atoms with van der Waals surface area (Å²) in [7, 11) is -3.65. The van der Waals surface area contributed by atoms with Gasteiger partial charge >= 0.3 is 0 Å². The Morgan fingerprint density at radius 2 is 1.67 bits per heavy atom. The maximum atomic E-state index is 13.0. The van der Waals surface area contributed by atoms with Crippen LogP contribution in [0.5, 0.6) is 0 Å². The molecule has 0 atom stereocenters. The van der Waals surface area contributed by atoms with Gasteiger partial charge in [0.15, 0.2) is 0 Å². The van der Waals surface area contributed by atoms with Gasteiger partial charge in [0.1, 0.15) is 0 Å².